The van der Waals surface area contributed by atoms with Gasteiger partial charge in [0.2, 0.25) is 5.91 Å². The molecule has 1 amide bonds. The highest BCUT2D eigenvalue weighted by molar-refractivity contribution is 7.52. The average molecular weight is 319 g/mol. The van der Waals surface area contributed by atoms with E-state index in [1.807, 2.05) is 0 Å². The molecule has 0 bridgehead atoms. The zero-order valence-electron chi connectivity index (χ0n) is 10.1. The summed E-state index contributed by atoms with van der Waals surface area (Å²) in [6.45, 7) is 0.212. The van der Waals surface area contributed by atoms with Crippen LogP contribution in [0.5, 0.6) is 0 Å². The van der Waals surface area contributed by atoms with Crippen molar-refractivity contribution in [2.45, 2.75) is 18.9 Å². The minimum absolute atomic E-state index is 0.0613. The highest BCUT2D eigenvalue weighted by Gasteiger charge is 2.33. The molecular formula is C7H19N3O7P2. The monoisotopic (exact) mass is 319 g/mol. The first kappa shape index (κ1) is 18.7. The van der Waals surface area contributed by atoms with Crippen molar-refractivity contribution in [3.05, 3.63) is 0 Å². The van der Waals surface area contributed by atoms with Crippen molar-refractivity contribution in [3.63, 3.8) is 0 Å². The summed E-state index contributed by atoms with van der Waals surface area (Å²) in [5, 5.41) is 0. The molecular weight excluding hydrogens is 300 g/mol. The van der Waals surface area contributed by atoms with Crippen molar-refractivity contribution in [1.29, 1.82) is 0 Å². The first-order chi connectivity index (χ1) is 8.46. The standard InChI is InChI=1S/C7H19N3O7P2/c8-3-1-2-6(7(9)11)10(4-18(12,13)14)5-19(15,16)17/h6H,1-5,8H2,(H2,9,11)(H2,12,13,14)(H2,15,16,17)/t6-/m0/s1. The molecule has 0 saturated carbocycles. The number of amides is 1. The van der Waals surface area contributed by atoms with Crippen LogP contribution in [0.15, 0.2) is 0 Å². The Bertz CT molecular complexity index is 368. The van der Waals surface area contributed by atoms with Gasteiger partial charge in [0.1, 0.15) is 12.6 Å². The molecule has 8 N–H and O–H groups in total. The van der Waals surface area contributed by atoms with Crippen molar-refractivity contribution in [1.82, 2.24) is 4.90 Å². The fourth-order valence-electron chi connectivity index (χ4n) is 1.53. The Morgan fingerprint density at radius 2 is 1.53 bits per heavy atom. The zero-order chi connectivity index (χ0) is 15.3. The molecule has 0 aromatic rings. The lowest BCUT2D eigenvalue weighted by atomic mass is 10.1. The van der Waals surface area contributed by atoms with E-state index in [4.69, 9.17) is 31.0 Å². The predicted molar refractivity (Wildman–Crippen MR) is 66.9 cm³/mol. The van der Waals surface area contributed by atoms with Gasteiger partial charge in [0.05, 0.1) is 6.04 Å². The second-order valence-electron chi connectivity index (χ2n) is 4.05. The van der Waals surface area contributed by atoms with E-state index in [9.17, 15) is 13.9 Å². The van der Waals surface area contributed by atoms with E-state index in [0.29, 0.717) is 11.3 Å². The largest absolute Gasteiger partial charge is 0.368 e. The average Bonchev–Trinajstić information content (AvgIpc) is 2.12. The molecule has 0 aliphatic carbocycles. The molecule has 0 aromatic carbocycles. The quantitative estimate of drug-likeness (QED) is 0.265. The molecule has 0 saturated heterocycles. The Morgan fingerprint density at radius 3 is 1.79 bits per heavy atom. The van der Waals surface area contributed by atoms with Gasteiger partial charge in [0.25, 0.3) is 0 Å². The topological polar surface area (TPSA) is 187 Å². The van der Waals surface area contributed by atoms with Gasteiger partial charge in [-0.3, -0.25) is 18.8 Å². The van der Waals surface area contributed by atoms with Gasteiger partial charge in [-0.05, 0) is 19.4 Å². The fraction of sp³-hybridized carbons (Fsp3) is 0.857. The van der Waals surface area contributed by atoms with Crippen LogP contribution in [0.25, 0.3) is 0 Å². The van der Waals surface area contributed by atoms with Gasteiger partial charge in [-0.1, -0.05) is 0 Å². The molecule has 0 aliphatic heterocycles. The summed E-state index contributed by atoms with van der Waals surface area (Å²) in [4.78, 5) is 47.5. The number of rotatable bonds is 9. The van der Waals surface area contributed by atoms with Crippen LogP contribution < -0.4 is 11.5 Å². The Morgan fingerprint density at radius 1 is 1.11 bits per heavy atom. The maximum Gasteiger partial charge on any atom is 0.339 e. The van der Waals surface area contributed by atoms with E-state index in [1.165, 1.54) is 0 Å². The maximum absolute atomic E-state index is 11.3. The third-order valence-corrected chi connectivity index (χ3v) is 3.65. The van der Waals surface area contributed by atoms with Crippen molar-refractivity contribution in [2.24, 2.45) is 11.5 Å². The number of hydrogen-bond acceptors (Lipinski definition) is 5. The zero-order valence-corrected chi connectivity index (χ0v) is 11.9. The summed E-state index contributed by atoms with van der Waals surface area (Å²) in [5.74, 6) is -0.921. The van der Waals surface area contributed by atoms with Gasteiger partial charge in [-0.15, -0.1) is 0 Å². The highest BCUT2D eigenvalue weighted by Crippen LogP contribution is 2.41. The molecule has 0 unspecified atom stereocenters. The van der Waals surface area contributed by atoms with Crippen LogP contribution in [0.3, 0.4) is 0 Å². The Balaban J connectivity index is 5.09. The number of primary amides is 1. The number of nitrogens with zero attached hydrogens (tertiary/aromatic N) is 1. The van der Waals surface area contributed by atoms with Crippen LogP contribution >= 0.6 is 15.2 Å². The van der Waals surface area contributed by atoms with E-state index >= 15 is 0 Å². The summed E-state index contributed by atoms with van der Waals surface area (Å²) >= 11 is 0. The molecule has 114 valence electrons. The summed E-state index contributed by atoms with van der Waals surface area (Å²) in [6, 6.07) is -1.19. The van der Waals surface area contributed by atoms with E-state index in [-0.39, 0.29) is 13.0 Å². The summed E-state index contributed by atoms with van der Waals surface area (Å²) in [5.41, 5.74) is 10.3. The molecule has 19 heavy (non-hydrogen) atoms. The van der Waals surface area contributed by atoms with Crippen LogP contribution in [-0.4, -0.2) is 55.5 Å². The van der Waals surface area contributed by atoms with Crippen molar-refractivity contribution in [2.75, 3.05) is 19.1 Å². The molecule has 0 aromatic heterocycles. The number of carbonyl (C=O) groups is 1. The lowest BCUT2D eigenvalue weighted by Crippen LogP contribution is -2.45. The SMILES string of the molecule is NCCC[C@@H](C(N)=O)N(CP(=O)(O)O)CP(=O)(O)O. The van der Waals surface area contributed by atoms with Crippen LogP contribution in [0.2, 0.25) is 0 Å². The second kappa shape index (κ2) is 7.47. The smallest absolute Gasteiger partial charge is 0.339 e. The Kier molecular flexibility index (Phi) is 7.34. The third kappa shape index (κ3) is 9.26. The minimum Gasteiger partial charge on any atom is -0.368 e. The van der Waals surface area contributed by atoms with E-state index < -0.39 is 39.7 Å². The highest BCUT2D eigenvalue weighted by atomic mass is 31.2. The number of carbonyl (C=O) groups excluding carboxylic acids is 1. The molecule has 12 heteroatoms. The molecule has 0 fully saturated rings. The first-order valence-corrected chi connectivity index (χ1v) is 8.88. The molecule has 0 heterocycles. The fourth-order valence-corrected chi connectivity index (χ4v) is 3.23. The Hall–Kier alpha value is -0.310. The molecule has 10 nitrogen and oxygen atoms in total. The van der Waals surface area contributed by atoms with Crippen LogP contribution in [0, 0.1) is 0 Å². The molecule has 1 atom stereocenters. The maximum atomic E-state index is 11.3. The predicted octanol–water partition coefficient (Wildman–Crippen LogP) is -1.85. The first-order valence-electron chi connectivity index (χ1n) is 5.29. The van der Waals surface area contributed by atoms with Crippen LogP contribution in [0.4, 0.5) is 0 Å². The summed E-state index contributed by atoms with van der Waals surface area (Å²) < 4.78 is 21.9. The van der Waals surface area contributed by atoms with Crippen LogP contribution in [0.1, 0.15) is 12.8 Å². The lowest BCUT2D eigenvalue weighted by molar-refractivity contribution is -0.122. The third-order valence-electron chi connectivity index (χ3n) is 2.18. The van der Waals surface area contributed by atoms with E-state index in [1.54, 1.807) is 0 Å². The van der Waals surface area contributed by atoms with Gasteiger partial charge in [-0.2, -0.15) is 0 Å². The normalized spacial score (nSPS) is 14.6. The van der Waals surface area contributed by atoms with Gasteiger partial charge >= 0.3 is 15.2 Å². The van der Waals surface area contributed by atoms with Crippen molar-refractivity contribution in [3.8, 4) is 0 Å². The van der Waals surface area contributed by atoms with Gasteiger partial charge in [-0.25, -0.2) is 0 Å². The van der Waals surface area contributed by atoms with Crippen molar-refractivity contribution >= 4 is 21.1 Å². The van der Waals surface area contributed by atoms with E-state index in [2.05, 4.69) is 0 Å². The number of hydrogen-bond donors (Lipinski definition) is 6. The summed E-state index contributed by atoms with van der Waals surface area (Å²) in [7, 11) is -9.18. The molecule has 0 rings (SSSR count). The second-order valence-corrected chi connectivity index (χ2v) is 7.27. The van der Waals surface area contributed by atoms with Crippen LogP contribution in [-0.2, 0) is 13.9 Å². The number of nitrogens with two attached hydrogens (primary N) is 2. The van der Waals surface area contributed by atoms with Gasteiger partial charge in [0.15, 0.2) is 0 Å². The van der Waals surface area contributed by atoms with E-state index in [0.717, 1.165) is 0 Å². The Labute approximate surface area is 110 Å². The van der Waals surface area contributed by atoms with Gasteiger partial charge < -0.3 is 31.0 Å². The summed E-state index contributed by atoms with van der Waals surface area (Å²) in [6.07, 6.45) is -1.54. The van der Waals surface area contributed by atoms with Gasteiger partial charge in [0, 0.05) is 0 Å². The molecule has 0 spiro atoms. The molecule has 0 radical (unpaired) electrons. The molecule has 0 aliphatic rings. The lowest BCUT2D eigenvalue weighted by Gasteiger charge is -2.29. The minimum atomic E-state index is -4.59. The van der Waals surface area contributed by atoms with Crippen molar-refractivity contribution < 1.29 is 33.5 Å².